The average Bonchev–Trinajstić information content (AvgIpc) is 2.59. The van der Waals surface area contributed by atoms with Crippen LogP contribution in [0.25, 0.3) is 0 Å². The van der Waals surface area contributed by atoms with E-state index in [0.717, 1.165) is 9.88 Å². The number of thiol groups is 1. The molecule has 0 aliphatic carbocycles. The molecule has 0 bridgehead atoms. The molecule has 0 spiro atoms. The second-order valence-corrected chi connectivity index (χ2v) is 5.63. The Bertz CT molecular complexity index is 336. The molecule has 0 aliphatic rings. The van der Waals surface area contributed by atoms with Crippen LogP contribution in [0.1, 0.15) is 23.7 Å². The third-order valence-corrected chi connectivity index (χ3v) is 3.75. The summed E-state index contributed by atoms with van der Waals surface area (Å²) in [4.78, 5) is 16.8. The number of nitrogens with one attached hydrogen (secondary N) is 1. The zero-order chi connectivity index (χ0) is 11.4. The number of hydrogen-bond acceptors (Lipinski definition) is 4. The molecule has 0 radical (unpaired) electrons. The Kier molecular flexibility index (Phi) is 4.60. The maximum absolute atomic E-state index is 11.6. The maximum Gasteiger partial charge on any atom is 0.233 e. The van der Waals surface area contributed by atoms with Crippen LogP contribution < -0.4 is 5.32 Å². The van der Waals surface area contributed by atoms with Gasteiger partial charge in [0.05, 0.1) is 16.8 Å². The third kappa shape index (κ3) is 3.83. The first-order valence-corrected chi connectivity index (χ1v) is 6.21. The fraction of sp³-hybridized carbons (Fsp3) is 0.600. The van der Waals surface area contributed by atoms with Crippen molar-refractivity contribution in [3.63, 3.8) is 0 Å². The largest absolute Gasteiger partial charge is 0.350 e. The number of carbonyl (C=O) groups excluding carboxylic acids is 1. The summed E-state index contributed by atoms with van der Waals surface area (Å²) >= 11 is 5.85. The lowest BCUT2D eigenvalue weighted by Gasteiger charge is -2.13. The molecule has 0 saturated heterocycles. The van der Waals surface area contributed by atoms with Crippen LogP contribution in [0.15, 0.2) is 6.20 Å². The summed E-state index contributed by atoms with van der Waals surface area (Å²) in [7, 11) is 0. The Hall–Kier alpha value is -0.550. The summed E-state index contributed by atoms with van der Waals surface area (Å²) in [5.74, 6) is 0.232. The highest BCUT2D eigenvalue weighted by Crippen LogP contribution is 2.12. The molecule has 0 aromatic carbocycles. The minimum Gasteiger partial charge on any atom is -0.350 e. The fourth-order valence-electron chi connectivity index (χ4n) is 1.07. The summed E-state index contributed by atoms with van der Waals surface area (Å²) in [6.07, 6.45) is 1.79. The van der Waals surface area contributed by atoms with Crippen molar-refractivity contribution in [2.75, 3.05) is 0 Å². The van der Waals surface area contributed by atoms with Crippen molar-refractivity contribution in [3.05, 3.63) is 16.1 Å². The van der Waals surface area contributed by atoms with E-state index in [0.29, 0.717) is 6.54 Å². The van der Waals surface area contributed by atoms with Crippen molar-refractivity contribution in [3.8, 4) is 0 Å². The highest BCUT2D eigenvalue weighted by molar-refractivity contribution is 7.81. The van der Waals surface area contributed by atoms with Gasteiger partial charge in [0.15, 0.2) is 0 Å². The fourth-order valence-corrected chi connectivity index (χ4v) is 1.89. The van der Waals surface area contributed by atoms with E-state index in [2.05, 4.69) is 22.9 Å². The van der Waals surface area contributed by atoms with E-state index in [1.165, 1.54) is 0 Å². The van der Waals surface area contributed by atoms with Crippen LogP contribution in [-0.2, 0) is 11.3 Å². The monoisotopic (exact) mass is 244 g/mol. The number of nitrogens with zero attached hydrogens (tertiary/aromatic N) is 1. The lowest BCUT2D eigenvalue weighted by Crippen LogP contribution is -2.33. The molecule has 1 aromatic rings. The van der Waals surface area contributed by atoms with Crippen LogP contribution in [0.3, 0.4) is 0 Å². The molecular formula is C10H16N2OS2. The van der Waals surface area contributed by atoms with Crippen LogP contribution in [0.5, 0.6) is 0 Å². The first kappa shape index (κ1) is 12.5. The van der Waals surface area contributed by atoms with E-state index in [9.17, 15) is 4.79 Å². The molecule has 15 heavy (non-hydrogen) atoms. The second-order valence-electron chi connectivity index (χ2n) is 3.75. The SMILES string of the molecule is Cc1ncc(CNC(=O)C(S)C(C)C)s1. The first-order valence-electron chi connectivity index (χ1n) is 4.87. The van der Waals surface area contributed by atoms with Gasteiger partial charge in [-0.05, 0) is 12.8 Å². The molecule has 5 heteroatoms. The molecule has 84 valence electrons. The molecular weight excluding hydrogens is 228 g/mol. The van der Waals surface area contributed by atoms with Crippen LogP contribution >= 0.6 is 24.0 Å². The molecule has 0 aliphatic heterocycles. The van der Waals surface area contributed by atoms with Gasteiger partial charge in [-0.15, -0.1) is 11.3 Å². The highest BCUT2D eigenvalue weighted by atomic mass is 32.1. The average molecular weight is 244 g/mol. The van der Waals surface area contributed by atoms with Gasteiger partial charge in [0.25, 0.3) is 0 Å². The normalized spacial score (nSPS) is 12.9. The lowest BCUT2D eigenvalue weighted by atomic mass is 10.1. The molecule has 3 nitrogen and oxygen atoms in total. The van der Waals surface area contributed by atoms with Gasteiger partial charge in [-0.1, -0.05) is 13.8 Å². The number of amides is 1. The van der Waals surface area contributed by atoms with E-state index >= 15 is 0 Å². The zero-order valence-corrected chi connectivity index (χ0v) is 10.9. The van der Waals surface area contributed by atoms with Crippen molar-refractivity contribution in [2.45, 2.75) is 32.6 Å². The summed E-state index contributed by atoms with van der Waals surface area (Å²) < 4.78 is 0. The standard InChI is InChI=1S/C10H16N2OS2/c1-6(2)9(14)10(13)12-5-8-4-11-7(3)15-8/h4,6,9,14H,5H2,1-3H3,(H,12,13). The molecule has 1 rings (SSSR count). The van der Waals surface area contributed by atoms with E-state index in [4.69, 9.17) is 0 Å². The van der Waals surface area contributed by atoms with Gasteiger partial charge in [0.1, 0.15) is 0 Å². The first-order chi connectivity index (χ1) is 7.00. The molecule has 1 unspecified atom stereocenters. The van der Waals surface area contributed by atoms with E-state index in [1.807, 2.05) is 20.8 Å². The topological polar surface area (TPSA) is 42.0 Å². The number of rotatable bonds is 4. The summed E-state index contributed by atoms with van der Waals surface area (Å²) in [5, 5.41) is 3.63. The number of hydrogen-bond donors (Lipinski definition) is 2. The number of carbonyl (C=O) groups is 1. The Morgan fingerprint density at radius 2 is 2.33 bits per heavy atom. The quantitative estimate of drug-likeness (QED) is 0.796. The summed E-state index contributed by atoms with van der Waals surface area (Å²) in [6, 6.07) is 0. The van der Waals surface area contributed by atoms with Crippen molar-refractivity contribution >= 4 is 29.9 Å². The molecule has 1 N–H and O–H groups in total. The minimum atomic E-state index is -0.237. The van der Waals surface area contributed by atoms with Gasteiger partial charge in [-0.25, -0.2) is 4.98 Å². The molecule has 1 atom stereocenters. The predicted molar refractivity (Wildman–Crippen MR) is 66.3 cm³/mol. The predicted octanol–water partition coefficient (Wildman–Crippen LogP) is 2.02. The Balaban J connectivity index is 2.40. The second kappa shape index (κ2) is 5.51. The number of aryl methyl sites for hydroxylation is 1. The Morgan fingerprint density at radius 1 is 1.67 bits per heavy atom. The number of thiazole rings is 1. The van der Waals surface area contributed by atoms with Gasteiger partial charge in [0, 0.05) is 11.1 Å². The van der Waals surface area contributed by atoms with Gasteiger partial charge >= 0.3 is 0 Å². The molecule has 1 amide bonds. The van der Waals surface area contributed by atoms with E-state index in [1.54, 1.807) is 17.5 Å². The van der Waals surface area contributed by atoms with Crippen LogP contribution in [0, 0.1) is 12.8 Å². The van der Waals surface area contributed by atoms with Crippen LogP contribution in [0.4, 0.5) is 0 Å². The molecule has 0 saturated carbocycles. The third-order valence-electron chi connectivity index (χ3n) is 2.01. The smallest absolute Gasteiger partial charge is 0.233 e. The molecule has 1 heterocycles. The van der Waals surface area contributed by atoms with Crippen LogP contribution in [-0.4, -0.2) is 16.1 Å². The molecule has 1 aromatic heterocycles. The van der Waals surface area contributed by atoms with Crippen molar-refractivity contribution in [1.82, 2.24) is 10.3 Å². The highest BCUT2D eigenvalue weighted by Gasteiger charge is 2.17. The van der Waals surface area contributed by atoms with E-state index in [-0.39, 0.29) is 17.1 Å². The van der Waals surface area contributed by atoms with Gasteiger partial charge in [-0.3, -0.25) is 4.79 Å². The number of aromatic nitrogens is 1. The lowest BCUT2D eigenvalue weighted by molar-refractivity contribution is -0.121. The van der Waals surface area contributed by atoms with Gasteiger partial charge in [0.2, 0.25) is 5.91 Å². The van der Waals surface area contributed by atoms with Crippen molar-refractivity contribution in [1.29, 1.82) is 0 Å². The van der Waals surface area contributed by atoms with Crippen LogP contribution in [0.2, 0.25) is 0 Å². The van der Waals surface area contributed by atoms with E-state index < -0.39 is 0 Å². The summed E-state index contributed by atoms with van der Waals surface area (Å²) in [6.45, 7) is 6.46. The Labute approximate surface area is 99.7 Å². The van der Waals surface area contributed by atoms with Gasteiger partial charge < -0.3 is 5.32 Å². The van der Waals surface area contributed by atoms with Crippen molar-refractivity contribution in [2.24, 2.45) is 5.92 Å². The van der Waals surface area contributed by atoms with Gasteiger partial charge in [-0.2, -0.15) is 12.6 Å². The zero-order valence-electron chi connectivity index (χ0n) is 9.15. The van der Waals surface area contributed by atoms with Crippen molar-refractivity contribution < 1.29 is 4.79 Å². The maximum atomic E-state index is 11.6. The Morgan fingerprint density at radius 3 is 2.80 bits per heavy atom. The summed E-state index contributed by atoms with van der Waals surface area (Å²) in [5.41, 5.74) is 0. The molecule has 0 fully saturated rings. The minimum absolute atomic E-state index is 0.0145.